The zero-order chi connectivity index (χ0) is 18.7. The number of anilines is 1. The van der Waals surface area contributed by atoms with E-state index >= 15 is 0 Å². The molecule has 0 aliphatic carbocycles. The number of nitrogens with zero attached hydrogens (tertiary/aromatic N) is 3. The molecule has 1 aliphatic rings. The van der Waals surface area contributed by atoms with Crippen molar-refractivity contribution in [3.63, 3.8) is 0 Å². The van der Waals surface area contributed by atoms with E-state index in [4.69, 9.17) is 0 Å². The average Bonchev–Trinajstić information content (AvgIpc) is 2.63. The summed E-state index contributed by atoms with van der Waals surface area (Å²) >= 11 is 0. The Morgan fingerprint density at radius 3 is 2.31 bits per heavy atom. The van der Waals surface area contributed by atoms with E-state index in [-0.39, 0.29) is 17.5 Å². The first-order valence-corrected chi connectivity index (χ1v) is 8.70. The highest BCUT2D eigenvalue weighted by Gasteiger charge is 2.30. The number of aromatic hydroxyl groups is 1. The number of phenolic OH excluding ortho intramolecular Hbond substituents is 1. The summed E-state index contributed by atoms with van der Waals surface area (Å²) in [6.45, 7) is 2.64. The van der Waals surface area contributed by atoms with E-state index in [9.17, 15) is 14.3 Å². The standard InChI is InChI=1S/C20H24FN3O2/c1-22(2)19(15-6-8-16(21)9-7-15)20(26)24-12-10-23(11-13-24)17-4-3-5-18(25)14-17/h3-9,14,19,25H,10-13H2,1-2H3/t19-/m1/s1. The number of phenols is 1. The van der Waals surface area contributed by atoms with E-state index in [0.29, 0.717) is 26.2 Å². The number of halogens is 1. The Labute approximate surface area is 153 Å². The van der Waals surface area contributed by atoms with Crippen LogP contribution in [0.2, 0.25) is 0 Å². The molecule has 1 N–H and O–H groups in total. The van der Waals surface area contributed by atoms with Crippen LogP contribution in [0.5, 0.6) is 5.75 Å². The Bertz CT molecular complexity index is 756. The molecule has 0 spiro atoms. The third-order valence-corrected chi connectivity index (χ3v) is 4.72. The lowest BCUT2D eigenvalue weighted by Crippen LogP contribution is -2.51. The molecule has 1 atom stereocenters. The molecule has 26 heavy (non-hydrogen) atoms. The summed E-state index contributed by atoms with van der Waals surface area (Å²) in [7, 11) is 3.71. The largest absolute Gasteiger partial charge is 0.508 e. The zero-order valence-electron chi connectivity index (χ0n) is 15.1. The van der Waals surface area contributed by atoms with Crippen molar-refractivity contribution in [3.05, 3.63) is 59.9 Å². The first-order valence-electron chi connectivity index (χ1n) is 8.70. The van der Waals surface area contributed by atoms with Crippen molar-refractivity contribution < 1.29 is 14.3 Å². The summed E-state index contributed by atoms with van der Waals surface area (Å²) in [5, 5.41) is 9.64. The van der Waals surface area contributed by atoms with Gasteiger partial charge in [0.1, 0.15) is 17.6 Å². The highest BCUT2D eigenvalue weighted by molar-refractivity contribution is 5.83. The highest BCUT2D eigenvalue weighted by Crippen LogP contribution is 2.24. The van der Waals surface area contributed by atoms with Gasteiger partial charge >= 0.3 is 0 Å². The fourth-order valence-corrected chi connectivity index (χ4v) is 3.35. The molecular formula is C20H24FN3O2. The minimum absolute atomic E-state index is 0.0252. The topological polar surface area (TPSA) is 47.0 Å². The molecule has 1 aliphatic heterocycles. The third-order valence-electron chi connectivity index (χ3n) is 4.72. The number of carbonyl (C=O) groups excluding carboxylic acids is 1. The van der Waals surface area contributed by atoms with E-state index in [1.165, 1.54) is 12.1 Å². The number of amides is 1. The molecule has 2 aromatic carbocycles. The van der Waals surface area contributed by atoms with Crippen molar-refractivity contribution in [2.75, 3.05) is 45.2 Å². The predicted molar refractivity (Wildman–Crippen MR) is 99.7 cm³/mol. The number of rotatable bonds is 4. The summed E-state index contributed by atoms with van der Waals surface area (Å²) in [5.41, 5.74) is 1.75. The van der Waals surface area contributed by atoms with Crippen LogP contribution in [0.25, 0.3) is 0 Å². The minimum Gasteiger partial charge on any atom is -0.508 e. The maximum Gasteiger partial charge on any atom is 0.244 e. The summed E-state index contributed by atoms with van der Waals surface area (Å²) in [5.74, 6) is -0.0411. The van der Waals surface area contributed by atoms with E-state index < -0.39 is 6.04 Å². The van der Waals surface area contributed by atoms with Crippen LogP contribution in [-0.4, -0.2) is 61.1 Å². The monoisotopic (exact) mass is 357 g/mol. The van der Waals surface area contributed by atoms with Gasteiger partial charge in [-0.15, -0.1) is 0 Å². The van der Waals surface area contributed by atoms with Gasteiger partial charge in [-0.1, -0.05) is 18.2 Å². The molecule has 0 unspecified atom stereocenters. The lowest BCUT2D eigenvalue weighted by atomic mass is 10.0. The van der Waals surface area contributed by atoms with E-state index in [1.807, 2.05) is 36.0 Å². The normalized spacial score (nSPS) is 16.0. The van der Waals surface area contributed by atoms with Crippen molar-refractivity contribution >= 4 is 11.6 Å². The van der Waals surface area contributed by atoms with Crippen LogP contribution in [0.15, 0.2) is 48.5 Å². The number of carbonyl (C=O) groups is 1. The summed E-state index contributed by atoms with van der Waals surface area (Å²) in [6, 6.07) is 12.8. The van der Waals surface area contributed by atoms with E-state index in [2.05, 4.69) is 4.90 Å². The average molecular weight is 357 g/mol. The molecular weight excluding hydrogens is 333 g/mol. The third kappa shape index (κ3) is 3.96. The second kappa shape index (κ2) is 7.74. The van der Waals surface area contributed by atoms with Gasteiger partial charge in [-0.3, -0.25) is 9.69 Å². The Balaban J connectivity index is 1.69. The summed E-state index contributed by atoms with van der Waals surface area (Å²) in [6.07, 6.45) is 0. The predicted octanol–water partition coefficient (Wildman–Crippen LogP) is 2.48. The molecule has 5 nitrogen and oxygen atoms in total. The van der Waals surface area contributed by atoms with Crippen LogP contribution in [0.4, 0.5) is 10.1 Å². The van der Waals surface area contributed by atoms with Crippen molar-refractivity contribution in [1.82, 2.24) is 9.80 Å². The number of hydrogen-bond acceptors (Lipinski definition) is 4. The van der Waals surface area contributed by atoms with Crippen LogP contribution in [0.1, 0.15) is 11.6 Å². The summed E-state index contributed by atoms with van der Waals surface area (Å²) in [4.78, 5) is 18.9. The molecule has 0 saturated carbocycles. The van der Waals surface area contributed by atoms with Crippen molar-refractivity contribution in [3.8, 4) is 5.75 Å². The van der Waals surface area contributed by atoms with Gasteiger partial charge in [-0.2, -0.15) is 0 Å². The van der Waals surface area contributed by atoms with Crippen LogP contribution < -0.4 is 4.90 Å². The van der Waals surface area contributed by atoms with Gasteiger partial charge in [0, 0.05) is 37.9 Å². The molecule has 1 fully saturated rings. The molecule has 6 heteroatoms. The van der Waals surface area contributed by atoms with Gasteiger partial charge in [0.2, 0.25) is 5.91 Å². The first-order chi connectivity index (χ1) is 12.5. The van der Waals surface area contributed by atoms with Crippen LogP contribution >= 0.6 is 0 Å². The lowest BCUT2D eigenvalue weighted by molar-refractivity contribution is -0.136. The van der Waals surface area contributed by atoms with Gasteiger partial charge in [-0.05, 0) is 43.9 Å². The molecule has 3 rings (SSSR count). The fraction of sp³-hybridized carbons (Fsp3) is 0.350. The smallest absolute Gasteiger partial charge is 0.244 e. The SMILES string of the molecule is CN(C)[C@@H](C(=O)N1CCN(c2cccc(O)c2)CC1)c1ccc(F)cc1. The fourth-order valence-electron chi connectivity index (χ4n) is 3.35. The minimum atomic E-state index is -0.428. The molecule has 0 radical (unpaired) electrons. The van der Waals surface area contributed by atoms with Gasteiger partial charge in [0.15, 0.2) is 0 Å². The van der Waals surface area contributed by atoms with Crippen LogP contribution in [0.3, 0.4) is 0 Å². The molecule has 1 heterocycles. The van der Waals surface area contributed by atoms with Crippen molar-refractivity contribution in [2.24, 2.45) is 0 Å². The van der Waals surface area contributed by atoms with Crippen molar-refractivity contribution in [1.29, 1.82) is 0 Å². The molecule has 0 bridgehead atoms. The number of likely N-dealkylation sites (N-methyl/N-ethyl adjacent to an activating group) is 1. The highest BCUT2D eigenvalue weighted by atomic mass is 19.1. The zero-order valence-corrected chi connectivity index (χ0v) is 15.1. The Morgan fingerprint density at radius 2 is 1.73 bits per heavy atom. The van der Waals surface area contributed by atoms with Crippen LogP contribution in [0, 0.1) is 5.82 Å². The number of piperazine rings is 1. The lowest BCUT2D eigenvalue weighted by Gasteiger charge is -2.38. The van der Waals surface area contributed by atoms with Crippen LogP contribution in [-0.2, 0) is 4.79 Å². The van der Waals surface area contributed by atoms with Gasteiger partial charge in [0.25, 0.3) is 0 Å². The number of hydrogen-bond donors (Lipinski definition) is 1. The molecule has 1 amide bonds. The Kier molecular flexibility index (Phi) is 5.42. The Hall–Kier alpha value is -2.60. The molecule has 2 aromatic rings. The van der Waals surface area contributed by atoms with Crippen molar-refractivity contribution in [2.45, 2.75) is 6.04 Å². The maximum atomic E-state index is 13.2. The second-order valence-corrected chi connectivity index (χ2v) is 6.75. The molecule has 1 saturated heterocycles. The first kappa shape index (κ1) is 18.2. The maximum absolute atomic E-state index is 13.2. The Morgan fingerprint density at radius 1 is 1.08 bits per heavy atom. The number of benzene rings is 2. The van der Waals surface area contributed by atoms with Gasteiger partial charge in [-0.25, -0.2) is 4.39 Å². The molecule has 0 aromatic heterocycles. The molecule has 138 valence electrons. The summed E-state index contributed by atoms with van der Waals surface area (Å²) < 4.78 is 13.2. The van der Waals surface area contributed by atoms with Gasteiger partial charge in [0.05, 0.1) is 0 Å². The van der Waals surface area contributed by atoms with E-state index in [1.54, 1.807) is 24.3 Å². The van der Waals surface area contributed by atoms with E-state index in [0.717, 1.165) is 11.3 Å². The quantitative estimate of drug-likeness (QED) is 0.913. The van der Waals surface area contributed by atoms with Gasteiger partial charge < -0.3 is 14.9 Å². The second-order valence-electron chi connectivity index (χ2n) is 6.75.